The van der Waals surface area contributed by atoms with Gasteiger partial charge in [0.05, 0.1) is 6.04 Å². The van der Waals surface area contributed by atoms with Crippen molar-refractivity contribution in [2.75, 3.05) is 5.73 Å². The number of Topliss-reactive ketones (excluding diaryl/α,β-unsaturated/α-hetero) is 1. The van der Waals surface area contributed by atoms with Crippen molar-refractivity contribution in [1.29, 1.82) is 0 Å². The van der Waals surface area contributed by atoms with Gasteiger partial charge in [-0.1, -0.05) is 12.1 Å². The van der Waals surface area contributed by atoms with Crippen LogP contribution >= 0.6 is 0 Å². The quantitative estimate of drug-likeness (QED) is 0.828. The van der Waals surface area contributed by atoms with Crippen LogP contribution in [0.2, 0.25) is 0 Å². The van der Waals surface area contributed by atoms with Crippen LogP contribution in [0.3, 0.4) is 0 Å². The molecule has 0 spiro atoms. The molecule has 0 radical (unpaired) electrons. The van der Waals surface area contributed by atoms with Crippen LogP contribution in [0.1, 0.15) is 33.3 Å². The van der Waals surface area contributed by atoms with E-state index < -0.39 is 17.7 Å². The monoisotopic (exact) mass is 278 g/mol. The maximum absolute atomic E-state index is 11.7. The Morgan fingerprint density at radius 2 is 2.00 bits per heavy atom. The van der Waals surface area contributed by atoms with Crippen molar-refractivity contribution in [3.8, 4) is 0 Å². The highest BCUT2D eigenvalue weighted by Crippen LogP contribution is 2.11. The smallest absolute Gasteiger partial charge is 0.408 e. The van der Waals surface area contributed by atoms with E-state index in [9.17, 15) is 9.59 Å². The number of hydrogen-bond acceptors (Lipinski definition) is 4. The molecule has 1 amide bonds. The summed E-state index contributed by atoms with van der Waals surface area (Å²) in [4.78, 5) is 23.4. The van der Waals surface area contributed by atoms with E-state index in [1.54, 1.807) is 32.9 Å². The van der Waals surface area contributed by atoms with Crippen LogP contribution in [0.25, 0.3) is 0 Å². The fourth-order valence-corrected chi connectivity index (χ4v) is 1.70. The normalized spacial score (nSPS) is 12.6. The molecule has 0 saturated heterocycles. The molecule has 1 aromatic rings. The molecule has 0 aliphatic heterocycles. The Labute approximate surface area is 119 Å². The van der Waals surface area contributed by atoms with Gasteiger partial charge in [-0.15, -0.1) is 0 Å². The lowest BCUT2D eigenvalue weighted by Gasteiger charge is -2.22. The molecule has 1 aromatic carbocycles. The summed E-state index contributed by atoms with van der Waals surface area (Å²) >= 11 is 0. The molecule has 0 aromatic heterocycles. The van der Waals surface area contributed by atoms with Gasteiger partial charge >= 0.3 is 6.09 Å². The van der Waals surface area contributed by atoms with Crippen molar-refractivity contribution in [2.24, 2.45) is 0 Å². The number of rotatable bonds is 4. The van der Waals surface area contributed by atoms with E-state index in [0.717, 1.165) is 5.56 Å². The van der Waals surface area contributed by atoms with Gasteiger partial charge in [0.1, 0.15) is 5.60 Å². The van der Waals surface area contributed by atoms with E-state index in [1.807, 2.05) is 12.1 Å². The molecule has 0 heterocycles. The van der Waals surface area contributed by atoms with Gasteiger partial charge in [-0.3, -0.25) is 4.79 Å². The van der Waals surface area contributed by atoms with Crippen molar-refractivity contribution in [3.63, 3.8) is 0 Å². The maximum atomic E-state index is 11.7. The molecule has 0 aliphatic carbocycles. The fraction of sp³-hybridized carbons (Fsp3) is 0.467. The van der Waals surface area contributed by atoms with Crippen LogP contribution in [-0.2, 0) is 16.0 Å². The van der Waals surface area contributed by atoms with E-state index in [0.29, 0.717) is 12.1 Å². The molecule has 0 unspecified atom stereocenters. The minimum atomic E-state index is -0.619. The first kappa shape index (κ1) is 16.0. The van der Waals surface area contributed by atoms with Gasteiger partial charge in [0.25, 0.3) is 0 Å². The van der Waals surface area contributed by atoms with Gasteiger partial charge in [0.2, 0.25) is 0 Å². The average Bonchev–Trinajstić information content (AvgIpc) is 2.25. The number of ketones is 1. The largest absolute Gasteiger partial charge is 0.444 e. The zero-order chi connectivity index (χ0) is 15.3. The van der Waals surface area contributed by atoms with Crippen LogP contribution in [0.15, 0.2) is 24.3 Å². The van der Waals surface area contributed by atoms with Gasteiger partial charge in [0, 0.05) is 5.69 Å². The number of nitrogens with one attached hydrogen (secondary N) is 1. The molecule has 0 saturated carbocycles. The standard InChI is InChI=1S/C15H22N2O3/c1-10(18)13(17-14(19)20-15(2,3)4)9-11-6-5-7-12(16)8-11/h5-8,13H,9,16H2,1-4H3,(H,17,19)/t13-/m0/s1. The summed E-state index contributed by atoms with van der Waals surface area (Å²) in [6, 6.07) is 6.62. The van der Waals surface area contributed by atoms with E-state index >= 15 is 0 Å². The first-order chi connectivity index (χ1) is 9.17. The fourth-order valence-electron chi connectivity index (χ4n) is 1.70. The highest BCUT2D eigenvalue weighted by atomic mass is 16.6. The number of alkyl carbamates (subject to hydrolysis) is 1. The summed E-state index contributed by atoms with van der Waals surface area (Å²) in [5, 5.41) is 2.59. The zero-order valence-electron chi connectivity index (χ0n) is 12.4. The molecule has 0 aliphatic rings. The Balaban J connectivity index is 2.71. The number of ether oxygens (including phenoxy) is 1. The predicted molar refractivity (Wildman–Crippen MR) is 78.4 cm³/mol. The van der Waals surface area contributed by atoms with Gasteiger partial charge in [0.15, 0.2) is 5.78 Å². The minimum Gasteiger partial charge on any atom is -0.444 e. The number of carbonyl (C=O) groups is 2. The van der Waals surface area contributed by atoms with Crippen LogP contribution in [0.4, 0.5) is 10.5 Å². The Kier molecular flexibility index (Phi) is 5.13. The first-order valence-corrected chi connectivity index (χ1v) is 6.52. The van der Waals surface area contributed by atoms with Crippen molar-refractivity contribution in [1.82, 2.24) is 5.32 Å². The lowest BCUT2D eigenvalue weighted by molar-refractivity contribution is -0.119. The molecule has 1 rings (SSSR count). The van der Waals surface area contributed by atoms with Crippen molar-refractivity contribution in [3.05, 3.63) is 29.8 Å². The van der Waals surface area contributed by atoms with Crippen LogP contribution in [0.5, 0.6) is 0 Å². The summed E-state index contributed by atoms with van der Waals surface area (Å²) in [6.07, 6.45) is -0.207. The number of hydrogen-bond donors (Lipinski definition) is 2. The molecular weight excluding hydrogens is 256 g/mol. The summed E-state index contributed by atoms with van der Waals surface area (Å²) in [5.74, 6) is -0.127. The minimum absolute atomic E-state index is 0.127. The molecule has 1 atom stereocenters. The average molecular weight is 278 g/mol. The van der Waals surface area contributed by atoms with Crippen LogP contribution in [-0.4, -0.2) is 23.5 Å². The van der Waals surface area contributed by atoms with Gasteiger partial charge in [-0.05, 0) is 51.8 Å². The topological polar surface area (TPSA) is 81.4 Å². The molecule has 5 heteroatoms. The molecule has 3 N–H and O–H groups in total. The number of benzene rings is 1. The number of carbonyl (C=O) groups excluding carboxylic acids is 2. The van der Waals surface area contributed by atoms with Gasteiger partial charge < -0.3 is 15.8 Å². The SMILES string of the molecule is CC(=O)[C@H](Cc1cccc(N)c1)NC(=O)OC(C)(C)C. The predicted octanol–water partition coefficient (Wildman–Crippen LogP) is 2.29. The van der Waals surface area contributed by atoms with Crippen molar-refractivity contribution in [2.45, 2.75) is 45.8 Å². The van der Waals surface area contributed by atoms with Crippen LogP contribution < -0.4 is 11.1 Å². The van der Waals surface area contributed by atoms with E-state index in [2.05, 4.69) is 5.32 Å². The lowest BCUT2D eigenvalue weighted by Crippen LogP contribution is -2.43. The van der Waals surface area contributed by atoms with Crippen LogP contribution in [0, 0.1) is 0 Å². The van der Waals surface area contributed by atoms with E-state index in [-0.39, 0.29) is 5.78 Å². The summed E-state index contributed by atoms with van der Waals surface area (Å²) < 4.78 is 5.15. The Morgan fingerprint density at radius 1 is 1.35 bits per heavy atom. The third kappa shape index (κ3) is 5.73. The molecule has 110 valence electrons. The van der Waals surface area contributed by atoms with E-state index in [1.165, 1.54) is 6.92 Å². The third-order valence-electron chi connectivity index (χ3n) is 2.57. The maximum Gasteiger partial charge on any atom is 0.408 e. The van der Waals surface area contributed by atoms with Gasteiger partial charge in [-0.25, -0.2) is 4.79 Å². The number of nitrogens with two attached hydrogens (primary N) is 1. The second-order valence-corrected chi connectivity index (χ2v) is 5.76. The highest BCUT2D eigenvalue weighted by Gasteiger charge is 2.22. The number of anilines is 1. The Hall–Kier alpha value is -2.04. The lowest BCUT2D eigenvalue weighted by atomic mass is 10.0. The van der Waals surface area contributed by atoms with Gasteiger partial charge in [-0.2, -0.15) is 0 Å². The molecule has 20 heavy (non-hydrogen) atoms. The Bertz CT molecular complexity index is 492. The second kappa shape index (κ2) is 6.41. The number of nitrogen functional groups attached to an aromatic ring is 1. The summed E-state index contributed by atoms with van der Waals surface area (Å²) in [7, 11) is 0. The molecule has 0 fully saturated rings. The highest BCUT2D eigenvalue weighted by molar-refractivity contribution is 5.85. The van der Waals surface area contributed by atoms with E-state index in [4.69, 9.17) is 10.5 Å². The summed E-state index contributed by atoms with van der Waals surface area (Å²) in [6.45, 7) is 6.75. The molecule has 5 nitrogen and oxygen atoms in total. The summed E-state index contributed by atoms with van der Waals surface area (Å²) in [5.41, 5.74) is 6.62. The van der Waals surface area contributed by atoms with Crippen molar-refractivity contribution < 1.29 is 14.3 Å². The second-order valence-electron chi connectivity index (χ2n) is 5.76. The Morgan fingerprint density at radius 3 is 2.50 bits per heavy atom. The zero-order valence-corrected chi connectivity index (χ0v) is 12.4. The first-order valence-electron chi connectivity index (χ1n) is 6.52. The molecular formula is C15H22N2O3. The molecule has 0 bridgehead atoms. The van der Waals surface area contributed by atoms with Crippen molar-refractivity contribution >= 4 is 17.6 Å². The number of amides is 1. The third-order valence-corrected chi connectivity index (χ3v) is 2.57.